The monoisotopic (exact) mass is 223 g/mol. The van der Waals surface area contributed by atoms with Gasteiger partial charge in [0.05, 0.1) is 0 Å². The van der Waals surface area contributed by atoms with Crippen LogP contribution in [0.4, 0.5) is 0 Å². The van der Waals surface area contributed by atoms with Crippen LogP contribution in [0.25, 0.3) is 0 Å². The van der Waals surface area contributed by atoms with Gasteiger partial charge in [-0.3, -0.25) is 4.90 Å². The lowest BCUT2D eigenvalue weighted by atomic mass is 9.95. The van der Waals surface area contributed by atoms with Gasteiger partial charge in [-0.25, -0.2) is 0 Å². The average Bonchev–Trinajstić information content (AvgIpc) is 2.67. The molecule has 4 unspecified atom stereocenters. The van der Waals surface area contributed by atoms with E-state index >= 15 is 0 Å². The van der Waals surface area contributed by atoms with E-state index in [9.17, 15) is 0 Å². The summed E-state index contributed by atoms with van der Waals surface area (Å²) in [7, 11) is 2.27. The number of nitrogens with two attached hydrogens (primary N) is 1. The van der Waals surface area contributed by atoms with Crippen LogP contribution in [0.2, 0.25) is 0 Å². The fourth-order valence-electron chi connectivity index (χ4n) is 4.23. The van der Waals surface area contributed by atoms with E-state index in [0.29, 0.717) is 6.04 Å². The summed E-state index contributed by atoms with van der Waals surface area (Å²) in [5.74, 6) is 0. The van der Waals surface area contributed by atoms with Crippen molar-refractivity contribution in [3.8, 4) is 0 Å². The van der Waals surface area contributed by atoms with Crippen LogP contribution in [0, 0.1) is 0 Å². The van der Waals surface area contributed by atoms with Gasteiger partial charge < -0.3 is 10.6 Å². The van der Waals surface area contributed by atoms with Gasteiger partial charge in [0.15, 0.2) is 0 Å². The molecule has 0 aromatic carbocycles. The molecule has 0 saturated carbocycles. The van der Waals surface area contributed by atoms with E-state index in [4.69, 9.17) is 5.73 Å². The highest BCUT2D eigenvalue weighted by atomic mass is 15.3. The van der Waals surface area contributed by atoms with Gasteiger partial charge in [-0.2, -0.15) is 0 Å². The Hall–Kier alpha value is -0.120. The number of rotatable bonds is 1. The van der Waals surface area contributed by atoms with Crippen molar-refractivity contribution >= 4 is 0 Å². The molecule has 0 aliphatic carbocycles. The van der Waals surface area contributed by atoms with Gasteiger partial charge in [-0.15, -0.1) is 0 Å². The maximum Gasteiger partial charge on any atom is 0.0243 e. The van der Waals surface area contributed by atoms with Crippen LogP contribution in [-0.4, -0.2) is 53.6 Å². The van der Waals surface area contributed by atoms with Crippen molar-refractivity contribution in [3.63, 3.8) is 0 Å². The van der Waals surface area contributed by atoms with Gasteiger partial charge in [0.25, 0.3) is 0 Å². The lowest BCUT2D eigenvalue weighted by molar-refractivity contribution is 0.0815. The predicted molar refractivity (Wildman–Crippen MR) is 66.4 cm³/mol. The van der Waals surface area contributed by atoms with Crippen molar-refractivity contribution in [3.05, 3.63) is 0 Å². The number of likely N-dealkylation sites (tertiary alicyclic amines) is 1. The summed E-state index contributed by atoms with van der Waals surface area (Å²) in [6.07, 6.45) is 6.63. The maximum absolute atomic E-state index is 6.13. The fourth-order valence-corrected chi connectivity index (χ4v) is 4.23. The van der Waals surface area contributed by atoms with Crippen LogP contribution in [0.3, 0.4) is 0 Å². The third-order valence-electron chi connectivity index (χ3n) is 5.11. The van der Waals surface area contributed by atoms with Gasteiger partial charge >= 0.3 is 0 Å². The van der Waals surface area contributed by atoms with Crippen molar-refractivity contribution in [1.82, 2.24) is 9.80 Å². The van der Waals surface area contributed by atoms with Crippen molar-refractivity contribution in [2.75, 3.05) is 13.6 Å². The molecule has 0 amide bonds. The van der Waals surface area contributed by atoms with Crippen molar-refractivity contribution in [2.24, 2.45) is 5.73 Å². The zero-order valence-electron chi connectivity index (χ0n) is 10.6. The smallest absolute Gasteiger partial charge is 0.0243 e. The standard InChI is InChI=1S/C13H25N3/c1-9-5-13(8-15(9)2)16-11-3-4-12(16)7-10(14)6-11/h9-13H,3-8,14H2,1-2H3. The Morgan fingerprint density at radius 1 is 1.00 bits per heavy atom. The Kier molecular flexibility index (Phi) is 2.73. The summed E-state index contributed by atoms with van der Waals surface area (Å²) >= 11 is 0. The Morgan fingerprint density at radius 2 is 1.62 bits per heavy atom. The molecule has 3 fully saturated rings. The van der Waals surface area contributed by atoms with Gasteiger partial charge in [-0.05, 0) is 46.1 Å². The second kappa shape index (κ2) is 3.97. The summed E-state index contributed by atoms with van der Waals surface area (Å²) in [6.45, 7) is 3.63. The van der Waals surface area contributed by atoms with E-state index in [1.807, 2.05) is 0 Å². The molecule has 3 heterocycles. The number of likely N-dealkylation sites (N-methyl/N-ethyl adjacent to an activating group) is 1. The maximum atomic E-state index is 6.13. The average molecular weight is 223 g/mol. The molecule has 0 spiro atoms. The van der Waals surface area contributed by atoms with Crippen molar-refractivity contribution in [2.45, 2.75) is 69.2 Å². The van der Waals surface area contributed by atoms with E-state index in [2.05, 4.69) is 23.8 Å². The van der Waals surface area contributed by atoms with E-state index in [1.165, 1.54) is 38.6 Å². The molecule has 0 aromatic heterocycles. The van der Waals surface area contributed by atoms with E-state index in [-0.39, 0.29) is 0 Å². The molecule has 3 saturated heterocycles. The minimum atomic E-state index is 0.477. The second-order valence-electron chi connectivity index (χ2n) is 6.24. The zero-order valence-corrected chi connectivity index (χ0v) is 10.6. The van der Waals surface area contributed by atoms with Crippen LogP contribution < -0.4 is 5.73 Å². The number of hydrogen-bond acceptors (Lipinski definition) is 3. The number of nitrogens with zero attached hydrogens (tertiary/aromatic N) is 2. The largest absolute Gasteiger partial charge is 0.328 e. The first-order valence-electron chi connectivity index (χ1n) is 6.88. The Balaban J connectivity index is 1.72. The lowest BCUT2D eigenvalue weighted by Gasteiger charge is -2.41. The van der Waals surface area contributed by atoms with Crippen molar-refractivity contribution < 1.29 is 0 Å². The molecule has 4 atom stereocenters. The molecule has 92 valence electrons. The zero-order chi connectivity index (χ0) is 11.3. The van der Waals surface area contributed by atoms with Gasteiger partial charge in [0.1, 0.15) is 0 Å². The van der Waals surface area contributed by atoms with Crippen LogP contribution >= 0.6 is 0 Å². The predicted octanol–water partition coefficient (Wildman–Crippen LogP) is 1.03. The normalized spacial score (nSPS) is 50.1. The highest BCUT2D eigenvalue weighted by Crippen LogP contribution is 2.39. The quantitative estimate of drug-likeness (QED) is 0.721. The van der Waals surface area contributed by atoms with Gasteiger partial charge in [0, 0.05) is 36.8 Å². The summed E-state index contributed by atoms with van der Waals surface area (Å²) < 4.78 is 0. The fraction of sp³-hybridized carbons (Fsp3) is 1.00. The van der Waals surface area contributed by atoms with Gasteiger partial charge in [-0.1, -0.05) is 0 Å². The van der Waals surface area contributed by atoms with E-state index in [1.54, 1.807) is 0 Å². The number of piperidine rings is 1. The molecule has 3 rings (SSSR count). The lowest BCUT2D eigenvalue weighted by Crippen LogP contribution is -2.52. The van der Waals surface area contributed by atoms with Crippen molar-refractivity contribution in [1.29, 1.82) is 0 Å². The number of fused-ring (bicyclic) bond motifs is 2. The molecular formula is C13H25N3. The van der Waals surface area contributed by atoms with Crippen LogP contribution in [0.15, 0.2) is 0 Å². The summed E-state index contributed by atoms with van der Waals surface area (Å²) in [6, 6.07) is 3.66. The molecule has 3 nitrogen and oxygen atoms in total. The Bertz CT molecular complexity index is 244. The molecule has 2 N–H and O–H groups in total. The highest BCUT2D eigenvalue weighted by molar-refractivity contribution is 5.02. The second-order valence-corrected chi connectivity index (χ2v) is 6.24. The van der Waals surface area contributed by atoms with Crippen LogP contribution in [0.5, 0.6) is 0 Å². The first-order chi connectivity index (χ1) is 7.65. The van der Waals surface area contributed by atoms with E-state index < -0.39 is 0 Å². The third kappa shape index (κ3) is 1.69. The molecule has 3 heteroatoms. The first kappa shape index (κ1) is 11.0. The Morgan fingerprint density at radius 3 is 2.12 bits per heavy atom. The minimum Gasteiger partial charge on any atom is -0.328 e. The molecule has 3 aliphatic heterocycles. The topological polar surface area (TPSA) is 32.5 Å². The van der Waals surface area contributed by atoms with E-state index in [0.717, 1.165) is 24.2 Å². The molecule has 0 aromatic rings. The Labute approximate surface area is 99.0 Å². The van der Waals surface area contributed by atoms with Gasteiger partial charge in [0.2, 0.25) is 0 Å². The van der Waals surface area contributed by atoms with Crippen LogP contribution in [0.1, 0.15) is 39.0 Å². The molecule has 3 aliphatic rings. The summed E-state index contributed by atoms with van der Waals surface area (Å²) in [5, 5.41) is 0. The molecule has 16 heavy (non-hydrogen) atoms. The summed E-state index contributed by atoms with van der Waals surface area (Å²) in [4.78, 5) is 5.35. The summed E-state index contributed by atoms with van der Waals surface area (Å²) in [5.41, 5.74) is 6.13. The SMILES string of the molecule is CC1CC(N2C3CCC2CC(N)C3)CN1C. The first-order valence-corrected chi connectivity index (χ1v) is 6.88. The third-order valence-corrected chi connectivity index (χ3v) is 5.11. The molecule has 0 radical (unpaired) electrons. The number of hydrogen-bond donors (Lipinski definition) is 1. The minimum absolute atomic E-state index is 0.477. The molecular weight excluding hydrogens is 198 g/mol. The van der Waals surface area contributed by atoms with Crippen LogP contribution in [-0.2, 0) is 0 Å². The highest BCUT2D eigenvalue weighted by Gasteiger charge is 2.45. The molecule has 2 bridgehead atoms.